The summed E-state index contributed by atoms with van der Waals surface area (Å²) in [5.41, 5.74) is 1.17. The van der Waals surface area contributed by atoms with Gasteiger partial charge in [0.05, 0.1) is 10.6 Å². The summed E-state index contributed by atoms with van der Waals surface area (Å²) in [6.45, 7) is 2.53. The molecule has 0 aromatic heterocycles. The zero-order valence-electron chi connectivity index (χ0n) is 11.0. The highest BCUT2D eigenvalue weighted by Gasteiger charge is 2.29. The lowest BCUT2D eigenvalue weighted by molar-refractivity contribution is 0.577. The third-order valence-corrected chi connectivity index (χ3v) is 5.50. The fourth-order valence-corrected chi connectivity index (χ4v) is 4.03. The molecule has 20 heavy (non-hydrogen) atoms. The van der Waals surface area contributed by atoms with Gasteiger partial charge >= 0.3 is 10.2 Å². The molecule has 3 N–H and O–H groups in total. The summed E-state index contributed by atoms with van der Waals surface area (Å²) in [5, 5.41) is 5.07. The smallest absolute Gasteiger partial charge is 0.257 e. The number of sulfonamides is 1. The number of hydrogen-bond acceptors (Lipinski definition) is 4. The maximum Gasteiger partial charge on any atom is 0.301 e. The quantitative estimate of drug-likeness (QED) is 0.792. The Morgan fingerprint density at radius 1 is 1.30 bits per heavy atom. The second-order valence-corrected chi connectivity index (χ2v) is 7.80. The fraction of sp³-hybridized carbons (Fsp3) is 0.455. The van der Waals surface area contributed by atoms with Crippen LogP contribution in [0.15, 0.2) is 23.1 Å². The largest absolute Gasteiger partial charge is 0.301 e. The van der Waals surface area contributed by atoms with Crippen molar-refractivity contribution >= 4 is 25.9 Å². The highest BCUT2D eigenvalue weighted by Crippen LogP contribution is 2.31. The predicted molar refractivity (Wildman–Crippen MR) is 76.1 cm³/mol. The van der Waals surface area contributed by atoms with Gasteiger partial charge in [-0.1, -0.05) is 6.92 Å². The summed E-state index contributed by atoms with van der Waals surface area (Å²) in [6, 6.07) is 4.23. The number of benzene rings is 1. The monoisotopic (exact) mass is 319 g/mol. The summed E-state index contributed by atoms with van der Waals surface area (Å²) in [4.78, 5) is -0.00276. The average molecular weight is 319 g/mol. The first-order valence-corrected chi connectivity index (χ1v) is 9.17. The molecule has 1 aliphatic rings. The van der Waals surface area contributed by atoms with Gasteiger partial charge < -0.3 is 0 Å². The van der Waals surface area contributed by atoms with Gasteiger partial charge in [-0.25, -0.2) is 13.6 Å². The maximum atomic E-state index is 12.1. The molecule has 0 saturated heterocycles. The number of hydrogen-bond donors (Lipinski definition) is 2. The first-order valence-electron chi connectivity index (χ1n) is 6.19. The average Bonchev–Trinajstić information content (AvgIpc) is 2.79. The fourth-order valence-electron chi connectivity index (χ4n) is 2.08. The van der Waals surface area contributed by atoms with Crippen LogP contribution in [-0.2, 0) is 26.7 Å². The van der Waals surface area contributed by atoms with Crippen molar-refractivity contribution in [2.45, 2.75) is 24.7 Å². The Morgan fingerprint density at radius 2 is 2.00 bits per heavy atom. The molecule has 0 aliphatic carbocycles. The summed E-state index contributed by atoms with van der Waals surface area (Å²) in [7, 11) is -7.36. The first kappa shape index (κ1) is 15.2. The second kappa shape index (κ2) is 5.32. The number of anilines is 1. The first-order chi connectivity index (χ1) is 9.25. The molecule has 1 heterocycles. The molecule has 0 atom stereocenters. The van der Waals surface area contributed by atoms with Crippen molar-refractivity contribution in [3.63, 3.8) is 0 Å². The van der Waals surface area contributed by atoms with Gasteiger partial charge in [0.25, 0.3) is 0 Å². The van der Waals surface area contributed by atoms with E-state index in [2.05, 4.69) is 4.72 Å². The Morgan fingerprint density at radius 3 is 2.60 bits per heavy atom. The molecule has 0 radical (unpaired) electrons. The lowest BCUT2D eigenvalue weighted by atomic mass is 10.2. The van der Waals surface area contributed by atoms with Crippen LogP contribution in [0.2, 0.25) is 0 Å². The van der Waals surface area contributed by atoms with Crippen molar-refractivity contribution in [2.24, 2.45) is 5.14 Å². The number of nitrogens with zero attached hydrogens (tertiary/aromatic N) is 1. The number of nitrogens with two attached hydrogens (primary N) is 1. The van der Waals surface area contributed by atoms with Crippen molar-refractivity contribution in [1.29, 1.82) is 0 Å². The third-order valence-electron chi connectivity index (χ3n) is 3.06. The molecule has 0 amide bonds. The Kier molecular flexibility index (Phi) is 4.05. The molecule has 0 bridgehead atoms. The van der Waals surface area contributed by atoms with Crippen LogP contribution in [0, 0.1) is 0 Å². The SMILES string of the molecule is CCCNS(=O)(=O)N1CCc2cc(S(N)(=O)=O)ccc21. The van der Waals surface area contributed by atoms with E-state index in [0.717, 1.165) is 0 Å². The topological polar surface area (TPSA) is 110 Å². The van der Waals surface area contributed by atoms with E-state index in [-0.39, 0.29) is 4.90 Å². The van der Waals surface area contributed by atoms with Gasteiger partial charge in [0.15, 0.2) is 0 Å². The van der Waals surface area contributed by atoms with Crippen molar-refractivity contribution < 1.29 is 16.8 Å². The molecule has 0 saturated carbocycles. The molecule has 1 aromatic rings. The Balaban J connectivity index is 2.35. The predicted octanol–water partition coefficient (Wildman–Crippen LogP) is -0.0591. The summed E-state index contributed by atoms with van der Waals surface area (Å²) in [5.74, 6) is 0. The van der Waals surface area contributed by atoms with E-state index < -0.39 is 20.2 Å². The molecule has 1 aliphatic heterocycles. The molecule has 2 rings (SSSR count). The minimum atomic E-state index is -3.78. The van der Waals surface area contributed by atoms with Crippen LogP contribution in [0.5, 0.6) is 0 Å². The van der Waals surface area contributed by atoms with Crippen molar-refractivity contribution in [2.75, 3.05) is 17.4 Å². The summed E-state index contributed by atoms with van der Waals surface area (Å²) >= 11 is 0. The van der Waals surface area contributed by atoms with Gasteiger partial charge in [-0.05, 0) is 36.6 Å². The Labute approximate surface area is 119 Å². The van der Waals surface area contributed by atoms with Crippen molar-refractivity contribution in [3.8, 4) is 0 Å². The number of nitrogens with one attached hydrogen (secondary N) is 1. The molecule has 9 heteroatoms. The van der Waals surface area contributed by atoms with Crippen molar-refractivity contribution in [1.82, 2.24) is 4.72 Å². The molecule has 7 nitrogen and oxygen atoms in total. The zero-order chi connectivity index (χ0) is 15.0. The van der Waals surface area contributed by atoms with Crippen LogP contribution in [0.25, 0.3) is 0 Å². The van der Waals surface area contributed by atoms with Gasteiger partial charge in [-0.3, -0.25) is 4.31 Å². The lowest BCUT2D eigenvalue weighted by Gasteiger charge is -2.19. The Bertz CT molecular complexity index is 713. The molecular formula is C11H17N3O4S2. The van der Waals surface area contributed by atoms with Gasteiger partial charge in [0.2, 0.25) is 10.0 Å². The summed E-state index contributed by atoms with van der Waals surface area (Å²) < 4.78 is 50.5. The van der Waals surface area contributed by atoms with E-state index in [9.17, 15) is 16.8 Å². The van der Waals surface area contributed by atoms with Gasteiger partial charge in [0.1, 0.15) is 0 Å². The number of fused-ring (bicyclic) bond motifs is 1. The normalized spacial score (nSPS) is 15.4. The minimum absolute atomic E-state index is 0.00276. The van der Waals surface area contributed by atoms with Crippen LogP contribution in [0.3, 0.4) is 0 Å². The van der Waals surface area contributed by atoms with E-state index >= 15 is 0 Å². The highest BCUT2D eigenvalue weighted by atomic mass is 32.2. The van der Waals surface area contributed by atoms with Gasteiger partial charge in [-0.2, -0.15) is 13.1 Å². The summed E-state index contributed by atoms with van der Waals surface area (Å²) in [6.07, 6.45) is 1.16. The molecule has 0 unspecified atom stereocenters. The van der Waals surface area contributed by atoms with E-state index in [0.29, 0.717) is 37.2 Å². The minimum Gasteiger partial charge on any atom is -0.257 e. The maximum absolute atomic E-state index is 12.1. The van der Waals surface area contributed by atoms with Gasteiger partial charge in [-0.15, -0.1) is 0 Å². The van der Waals surface area contributed by atoms with Crippen LogP contribution >= 0.6 is 0 Å². The van der Waals surface area contributed by atoms with E-state index in [1.807, 2.05) is 6.92 Å². The van der Waals surface area contributed by atoms with Crippen LogP contribution in [0.1, 0.15) is 18.9 Å². The molecule has 112 valence electrons. The van der Waals surface area contributed by atoms with Crippen LogP contribution < -0.4 is 14.2 Å². The third kappa shape index (κ3) is 2.95. The highest BCUT2D eigenvalue weighted by molar-refractivity contribution is 7.91. The van der Waals surface area contributed by atoms with E-state index in [1.54, 1.807) is 0 Å². The standard InChI is InChI=1S/C11H17N3O4S2/c1-2-6-13-20(17,18)14-7-5-9-8-10(19(12,15)16)3-4-11(9)14/h3-4,8,13H,2,5-7H2,1H3,(H2,12,15,16). The lowest BCUT2D eigenvalue weighted by Crippen LogP contribution is -2.40. The Hall–Kier alpha value is -1.16. The molecule has 0 spiro atoms. The van der Waals surface area contributed by atoms with Gasteiger partial charge in [0, 0.05) is 13.1 Å². The van der Waals surface area contributed by atoms with E-state index in [4.69, 9.17) is 5.14 Å². The van der Waals surface area contributed by atoms with Crippen molar-refractivity contribution in [3.05, 3.63) is 23.8 Å². The second-order valence-electron chi connectivity index (χ2n) is 4.56. The van der Waals surface area contributed by atoms with Crippen LogP contribution in [0.4, 0.5) is 5.69 Å². The molecule has 1 aromatic carbocycles. The zero-order valence-corrected chi connectivity index (χ0v) is 12.7. The van der Waals surface area contributed by atoms with E-state index in [1.165, 1.54) is 22.5 Å². The molecule has 0 fully saturated rings. The van der Waals surface area contributed by atoms with Crippen LogP contribution in [-0.4, -0.2) is 29.9 Å². The number of primary sulfonamides is 1. The molecular weight excluding hydrogens is 302 g/mol. The number of rotatable bonds is 5.